The highest BCUT2D eigenvalue weighted by Crippen LogP contribution is 2.39. The first-order valence-corrected chi connectivity index (χ1v) is 11.3. The zero-order valence-corrected chi connectivity index (χ0v) is 17.5. The van der Waals surface area contributed by atoms with Crippen molar-refractivity contribution in [1.82, 2.24) is 9.13 Å². The summed E-state index contributed by atoms with van der Waals surface area (Å²) in [6.45, 7) is 0. The molecule has 31 heavy (non-hydrogen) atoms. The fourth-order valence-corrected chi connectivity index (χ4v) is 5.84. The van der Waals surface area contributed by atoms with Gasteiger partial charge >= 0.3 is 0 Å². The number of aromatic nitrogens is 2. The average Bonchev–Trinajstić information content (AvgIpc) is 3.52. The third kappa shape index (κ3) is 2.38. The minimum Gasteiger partial charge on any atom is -0.307 e. The van der Waals surface area contributed by atoms with Crippen LogP contribution >= 0.6 is 11.3 Å². The molecule has 146 valence electrons. The maximum absolute atomic E-state index is 2.41. The number of thiophene rings is 1. The lowest BCUT2D eigenvalue weighted by Gasteiger charge is -2.10. The van der Waals surface area contributed by atoms with Crippen LogP contribution < -0.4 is 0 Å². The Bertz CT molecular complexity index is 1700. The zero-order valence-electron chi connectivity index (χ0n) is 16.7. The molecule has 0 fully saturated rings. The molecular weight excluding hydrogens is 396 g/mol. The molecule has 0 aliphatic heterocycles. The van der Waals surface area contributed by atoms with E-state index in [0.29, 0.717) is 0 Å². The second-order valence-electron chi connectivity index (χ2n) is 7.90. The van der Waals surface area contributed by atoms with Crippen LogP contribution in [0.15, 0.2) is 109 Å². The van der Waals surface area contributed by atoms with E-state index in [4.69, 9.17) is 0 Å². The molecule has 0 N–H and O–H groups in total. The topological polar surface area (TPSA) is 9.86 Å². The van der Waals surface area contributed by atoms with Gasteiger partial charge in [-0.25, -0.2) is 0 Å². The number of hydrogen-bond acceptors (Lipinski definition) is 1. The van der Waals surface area contributed by atoms with Gasteiger partial charge in [-0.1, -0.05) is 66.7 Å². The number of rotatable bonds is 2. The molecule has 0 spiro atoms. The van der Waals surface area contributed by atoms with Crippen molar-refractivity contribution in [2.45, 2.75) is 0 Å². The second-order valence-corrected chi connectivity index (χ2v) is 8.96. The lowest BCUT2D eigenvalue weighted by Crippen LogP contribution is -1.96. The fourth-order valence-electron chi connectivity index (χ4n) is 4.79. The highest BCUT2D eigenvalue weighted by atomic mass is 32.1. The Morgan fingerprint density at radius 1 is 0.581 bits per heavy atom. The molecule has 3 heterocycles. The van der Waals surface area contributed by atoms with Crippen LogP contribution in [0.1, 0.15) is 0 Å². The summed E-state index contributed by atoms with van der Waals surface area (Å²) in [7, 11) is 0. The molecule has 3 aromatic heterocycles. The fraction of sp³-hybridized carbons (Fsp3) is 0. The molecule has 4 aromatic carbocycles. The molecule has 0 atom stereocenters. The monoisotopic (exact) mass is 414 g/mol. The Kier molecular flexibility index (Phi) is 3.46. The van der Waals surface area contributed by atoms with Gasteiger partial charge in [0, 0.05) is 32.7 Å². The first kappa shape index (κ1) is 16.9. The normalized spacial score (nSPS) is 11.9. The van der Waals surface area contributed by atoms with Gasteiger partial charge in [-0.3, -0.25) is 0 Å². The van der Waals surface area contributed by atoms with Gasteiger partial charge in [0.05, 0.1) is 16.6 Å². The number of hydrogen-bond donors (Lipinski definition) is 0. The largest absolute Gasteiger partial charge is 0.307 e. The standard InChI is InChI=1S/C28H18N2S/c1-2-9-21(10-3-1)30-24-12-6-5-11-22(24)23-15-14-19-16-17-29(27(19)28(23)30)26-18-20-8-4-7-13-25(20)31-26/h1-18H. The molecule has 2 nitrogen and oxygen atoms in total. The third-order valence-corrected chi connectivity index (χ3v) is 7.26. The summed E-state index contributed by atoms with van der Waals surface area (Å²) in [5, 5.41) is 6.36. The first-order chi connectivity index (χ1) is 15.4. The third-order valence-electron chi connectivity index (χ3n) is 6.15. The van der Waals surface area contributed by atoms with Crippen molar-refractivity contribution in [3.05, 3.63) is 109 Å². The predicted octanol–water partition coefficient (Wildman–Crippen LogP) is 7.94. The Morgan fingerprint density at radius 2 is 1.39 bits per heavy atom. The minimum atomic E-state index is 1.19. The van der Waals surface area contributed by atoms with Gasteiger partial charge in [0.25, 0.3) is 0 Å². The van der Waals surface area contributed by atoms with Gasteiger partial charge in [0.2, 0.25) is 0 Å². The summed E-state index contributed by atoms with van der Waals surface area (Å²) in [4.78, 5) is 0. The van der Waals surface area contributed by atoms with E-state index in [0.717, 1.165) is 0 Å². The van der Waals surface area contributed by atoms with E-state index in [-0.39, 0.29) is 0 Å². The number of benzene rings is 4. The Labute approximate surface area is 183 Å². The Hall–Kier alpha value is -3.82. The summed E-state index contributed by atoms with van der Waals surface area (Å²) < 4.78 is 6.09. The van der Waals surface area contributed by atoms with Crippen molar-refractivity contribution < 1.29 is 0 Å². The van der Waals surface area contributed by atoms with E-state index in [9.17, 15) is 0 Å². The van der Waals surface area contributed by atoms with E-state index in [1.807, 2.05) is 11.3 Å². The lowest BCUT2D eigenvalue weighted by atomic mass is 10.1. The molecule has 0 aliphatic rings. The van der Waals surface area contributed by atoms with Crippen LogP contribution in [0.3, 0.4) is 0 Å². The molecule has 3 heteroatoms. The SMILES string of the molecule is c1ccc(-n2c3ccccc3c3ccc4ccn(-c5cc6ccccc6s5)c4c32)cc1. The van der Waals surface area contributed by atoms with Crippen molar-refractivity contribution in [3.8, 4) is 10.7 Å². The summed E-state index contributed by atoms with van der Waals surface area (Å²) >= 11 is 1.84. The summed E-state index contributed by atoms with van der Waals surface area (Å²) in [6.07, 6.45) is 2.21. The van der Waals surface area contributed by atoms with E-state index >= 15 is 0 Å². The Morgan fingerprint density at radius 3 is 2.29 bits per heavy atom. The molecule has 0 amide bonds. The van der Waals surface area contributed by atoms with Gasteiger partial charge < -0.3 is 9.13 Å². The highest BCUT2D eigenvalue weighted by molar-refractivity contribution is 7.21. The van der Waals surface area contributed by atoms with Gasteiger partial charge in [-0.15, -0.1) is 11.3 Å². The van der Waals surface area contributed by atoms with Gasteiger partial charge in [0.1, 0.15) is 5.00 Å². The van der Waals surface area contributed by atoms with Crippen LogP contribution in [0.4, 0.5) is 0 Å². The molecule has 7 rings (SSSR count). The van der Waals surface area contributed by atoms with Crippen molar-refractivity contribution in [2.24, 2.45) is 0 Å². The van der Waals surface area contributed by atoms with Gasteiger partial charge in [-0.05, 0) is 41.8 Å². The zero-order chi connectivity index (χ0) is 20.4. The summed E-state index contributed by atoms with van der Waals surface area (Å²) in [5.74, 6) is 0. The number of para-hydroxylation sites is 2. The first-order valence-electron chi connectivity index (χ1n) is 10.5. The second kappa shape index (κ2) is 6.34. The van der Waals surface area contributed by atoms with Crippen molar-refractivity contribution in [1.29, 1.82) is 0 Å². The molecule has 0 unspecified atom stereocenters. The van der Waals surface area contributed by atoms with Gasteiger partial charge in [-0.2, -0.15) is 0 Å². The quantitative estimate of drug-likeness (QED) is 0.272. The van der Waals surface area contributed by atoms with E-state index in [1.165, 1.54) is 53.5 Å². The van der Waals surface area contributed by atoms with Crippen molar-refractivity contribution in [3.63, 3.8) is 0 Å². The Balaban J connectivity index is 1.67. The van der Waals surface area contributed by atoms with Crippen LogP contribution in [-0.4, -0.2) is 9.13 Å². The van der Waals surface area contributed by atoms with Crippen LogP contribution in [0.5, 0.6) is 0 Å². The average molecular weight is 415 g/mol. The summed E-state index contributed by atoms with van der Waals surface area (Å²) in [6, 6.07) is 37.1. The molecule has 0 bridgehead atoms. The van der Waals surface area contributed by atoms with E-state index < -0.39 is 0 Å². The molecule has 0 saturated carbocycles. The van der Waals surface area contributed by atoms with Gasteiger partial charge in [0.15, 0.2) is 0 Å². The number of nitrogens with zero attached hydrogens (tertiary/aromatic N) is 2. The van der Waals surface area contributed by atoms with E-state index in [2.05, 4.69) is 118 Å². The number of fused-ring (bicyclic) bond motifs is 6. The maximum Gasteiger partial charge on any atom is 0.101 e. The van der Waals surface area contributed by atoms with Crippen LogP contribution in [0.25, 0.3) is 53.5 Å². The van der Waals surface area contributed by atoms with E-state index in [1.54, 1.807) is 0 Å². The molecule has 0 aliphatic carbocycles. The molecular formula is C28H18N2S. The molecule has 0 saturated heterocycles. The predicted molar refractivity (Wildman–Crippen MR) is 133 cm³/mol. The van der Waals surface area contributed by atoms with Crippen molar-refractivity contribution >= 4 is 54.1 Å². The van der Waals surface area contributed by atoms with Crippen LogP contribution in [-0.2, 0) is 0 Å². The smallest absolute Gasteiger partial charge is 0.101 e. The van der Waals surface area contributed by atoms with Crippen molar-refractivity contribution in [2.75, 3.05) is 0 Å². The molecule has 0 radical (unpaired) electrons. The lowest BCUT2D eigenvalue weighted by molar-refractivity contribution is 1.14. The summed E-state index contributed by atoms with van der Waals surface area (Å²) in [5.41, 5.74) is 4.93. The van der Waals surface area contributed by atoms with Crippen LogP contribution in [0.2, 0.25) is 0 Å². The van der Waals surface area contributed by atoms with Crippen LogP contribution in [0, 0.1) is 0 Å². The highest BCUT2D eigenvalue weighted by Gasteiger charge is 2.18. The maximum atomic E-state index is 2.41. The molecule has 7 aromatic rings. The minimum absolute atomic E-state index is 1.19.